The minimum Gasteiger partial charge on any atom is -0.450 e. The van der Waals surface area contributed by atoms with Crippen LogP contribution < -0.4 is 0 Å². The van der Waals surface area contributed by atoms with Crippen molar-refractivity contribution in [1.29, 1.82) is 0 Å². The standard InChI is InChI=1S/C4H5BrNOP/c1-7-3-2-4(5)6-8/h4,8H,1H3. The van der Waals surface area contributed by atoms with E-state index in [1.54, 1.807) is 0 Å². The van der Waals surface area contributed by atoms with E-state index in [1.165, 1.54) is 7.11 Å². The van der Waals surface area contributed by atoms with E-state index in [0.717, 1.165) is 0 Å². The molecule has 0 rings (SSSR count). The predicted octanol–water partition coefficient (Wildman–Crippen LogP) is 1.64. The minimum atomic E-state index is -0.181. The number of hydrogen-bond acceptors (Lipinski definition) is 2. The van der Waals surface area contributed by atoms with E-state index in [9.17, 15) is 0 Å². The fraction of sp³-hybridized carbons (Fsp3) is 0.500. The second-order valence-corrected chi connectivity index (χ2v) is 2.04. The minimum absolute atomic E-state index is 0.181. The van der Waals surface area contributed by atoms with E-state index >= 15 is 0 Å². The molecule has 0 aromatic carbocycles. The molecule has 1 atom stereocenters. The van der Waals surface area contributed by atoms with Crippen LogP contribution in [0.2, 0.25) is 0 Å². The van der Waals surface area contributed by atoms with Gasteiger partial charge in [-0.1, -0.05) is 0 Å². The van der Waals surface area contributed by atoms with Crippen LogP contribution in [0, 0.1) is 12.0 Å². The van der Waals surface area contributed by atoms with Gasteiger partial charge >= 0.3 is 0 Å². The van der Waals surface area contributed by atoms with Crippen molar-refractivity contribution in [1.82, 2.24) is 0 Å². The molecule has 4 heteroatoms. The molecule has 8 heavy (non-hydrogen) atoms. The molecule has 1 unspecified atom stereocenters. The van der Waals surface area contributed by atoms with Gasteiger partial charge in [-0.15, -0.1) is 0 Å². The van der Waals surface area contributed by atoms with Crippen LogP contribution in [0.15, 0.2) is 4.74 Å². The number of ether oxygens (including phenoxy) is 1. The molecule has 44 valence electrons. The summed E-state index contributed by atoms with van der Waals surface area (Å²) in [6, 6.07) is 0. The summed E-state index contributed by atoms with van der Waals surface area (Å²) in [5, 5.41) is 0. The second-order valence-electron chi connectivity index (χ2n) is 0.915. The van der Waals surface area contributed by atoms with Crippen LogP contribution in [0.4, 0.5) is 0 Å². The van der Waals surface area contributed by atoms with Gasteiger partial charge in [0, 0.05) is 0 Å². The summed E-state index contributed by atoms with van der Waals surface area (Å²) in [5.74, 6) is 2.61. The highest BCUT2D eigenvalue weighted by atomic mass is 79.9. The zero-order valence-electron chi connectivity index (χ0n) is 4.31. The maximum atomic E-state index is 4.44. The lowest BCUT2D eigenvalue weighted by Gasteiger charge is -1.84. The molecule has 0 radical (unpaired) electrons. The molecule has 0 amide bonds. The highest BCUT2D eigenvalue weighted by Crippen LogP contribution is 1.99. The number of hydrogen-bond donors (Lipinski definition) is 0. The van der Waals surface area contributed by atoms with Gasteiger partial charge in [-0.3, -0.25) is 0 Å². The van der Waals surface area contributed by atoms with Crippen LogP contribution >= 0.6 is 25.0 Å². The van der Waals surface area contributed by atoms with Gasteiger partial charge in [-0.05, 0) is 30.9 Å². The van der Waals surface area contributed by atoms with E-state index in [1.807, 2.05) is 0 Å². The predicted molar refractivity (Wildman–Crippen MR) is 38.2 cm³/mol. The average molecular weight is 194 g/mol. The van der Waals surface area contributed by atoms with E-state index in [4.69, 9.17) is 0 Å². The Bertz CT molecular complexity index is 128. The number of rotatable bonds is 1. The smallest absolute Gasteiger partial charge is 0.172 e. The molecule has 0 aliphatic carbocycles. The van der Waals surface area contributed by atoms with Crippen molar-refractivity contribution in [3.63, 3.8) is 0 Å². The first-order chi connectivity index (χ1) is 3.81. The van der Waals surface area contributed by atoms with Crippen LogP contribution in [-0.2, 0) is 4.74 Å². The lowest BCUT2D eigenvalue weighted by molar-refractivity contribution is 0.372. The zero-order valence-corrected chi connectivity index (χ0v) is 6.90. The molecule has 2 nitrogen and oxygen atoms in total. The molecule has 0 aromatic rings. The summed E-state index contributed by atoms with van der Waals surface area (Å²) in [5.41, 5.74) is 0. The monoisotopic (exact) mass is 193 g/mol. The Morgan fingerprint density at radius 3 is 2.88 bits per heavy atom. The summed E-state index contributed by atoms with van der Waals surface area (Å²) in [6.45, 7) is 0. The third kappa shape index (κ3) is 4.11. The Morgan fingerprint density at radius 2 is 2.50 bits per heavy atom. The third-order valence-corrected chi connectivity index (χ3v) is 1.46. The molecule has 0 aromatic heterocycles. The van der Waals surface area contributed by atoms with Crippen molar-refractivity contribution >= 4 is 25.0 Å². The first kappa shape index (κ1) is 7.94. The average Bonchev–Trinajstić information content (AvgIpc) is 1.83. The first-order valence-corrected chi connectivity index (χ1v) is 3.21. The topological polar surface area (TPSA) is 21.6 Å². The van der Waals surface area contributed by atoms with Crippen LogP contribution in [0.3, 0.4) is 0 Å². The molecule has 0 aliphatic rings. The summed E-state index contributed by atoms with van der Waals surface area (Å²) in [4.78, 5) is -0.181. The zero-order chi connectivity index (χ0) is 6.41. The maximum Gasteiger partial charge on any atom is 0.172 e. The molecule has 0 aliphatic heterocycles. The van der Waals surface area contributed by atoms with Crippen molar-refractivity contribution in [2.24, 2.45) is 4.74 Å². The Kier molecular flexibility index (Phi) is 5.05. The highest BCUT2D eigenvalue weighted by Gasteiger charge is 1.87. The van der Waals surface area contributed by atoms with E-state index in [0.29, 0.717) is 0 Å². The number of nitrogens with zero attached hydrogens (tertiary/aromatic N) is 1. The summed E-state index contributed by atoms with van der Waals surface area (Å²) < 4.78 is 8.04. The van der Waals surface area contributed by atoms with Crippen molar-refractivity contribution in [3.8, 4) is 12.0 Å². The van der Waals surface area contributed by atoms with E-state index < -0.39 is 0 Å². The van der Waals surface area contributed by atoms with Gasteiger partial charge in [0.1, 0.15) is 6.11 Å². The summed E-state index contributed by atoms with van der Waals surface area (Å²) >= 11 is 3.11. The van der Waals surface area contributed by atoms with Crippen LogP contribution in [0.1, 0.15) is 0 Å². The summed E-state index contributed by atoms with van der Waals surface area (Å²) in [7, 11) is 4.41. The fourth-order valence-electron chi connectivity index (χ4n) is 0.140. The Hall–Kier alpha value is -0.0600. The van der Waals surface area contributed by atoms with Crippen molar-refractivity contribution in [2.75, 3.05) is 7.11 Å². The van der Waals surface area contributed by atoms with E-state index in [-0.39, 0.29) is 4.95 Å². The molecule has 0 fully saturated rings. The molecule has 0 spiro atoms. The van der Waals surface area contributed by atoms with Gasteiger partial charge in [-0.25, -0.2) is 4.74 Å². The van der Waals surface area contributed by atoms with Crippen LogP contribution in [0.25, 0.3) is 0 Å². The quantitative estimate of drug-likeness (QED) is 0.269. The Balaban J connectivity index is 3.50. The first-order valence-electron chi connectivity index (χ1n) is 1.85. The molecule has 0 saturated carbocycles. The SMILES string of the molecule is COC#CC(Br)N=P. The highest BCUT2D eigenvalue weighted by molar-refractivity contribution is 9.09. The molecular formula is C4H5BrNOP. The lowest BCUT2D eigenvalue weighted by Crippen LogP contribution is -1.82. The van der Waals surface area contributed by atoms with Crippen LogP contribution in [-0.4, -0.2) is 12.1 Å². The molecule has 0 N–H and O–H groups in total. The molecular weight excluding hydrogens is 189 g/mol. The molecule has 0 heterocycles. The van der Waals surface area contributed by atoms with Crippen molar-refractivity contribution < 1.29 is 4.74 Å². The van der Waals surface area contributed by atoms with Crippen molar-refractivity contribution in [2.45, 2.75) is 4.95 Å². The second kappa shape index (κ2) is 5.08. The Labute approximate surface area is 59.0 Å². The van der Waals surface area contributed by atoms with Crippen molar-refractivity contribution in [3.05, 3.63) is 0 Å². The van der Waals surface area contributed by atoms with Gasteiger partial charge in [0.25, 0.3) is 0 Å². The normalized spacial score (nSPS) is 10.8. The van der Waals surface area contributed by atoms with Gasteiger partial charge in [0.2, 0.25) is 0 Å². The fourth-order valence-corrected chi connectivity index (χ4v) is 0.298. The van der Waals surface area contributed by atoms with Gasteiger partial charge in [0.05, 0.1) is 7.11 Å². The molecule has 0 bridgehead atoms. The molecule has 0 saturated heterocycles. The largest absolute Gasteiger partial charge is 0.450 e. The summed E-state index contributed by atoms with van der Waals surface area (Å²) in [6.07, 6.45) is 2.38. The lowest BCUT2D eigenvalue weighted by atomic mass is 10.7. The van der Waals surface area contributed by atoms with Crippen LogP contribution in [0.5, 0.6) is 0 Å². The van der Waals surface area contributed by atoms with Gasteiger partial charge < -0.3 is 4.74 Å². The number of methoxy groups -OCH3 is 1. The number of halogens is 1. The number of alkyl halides is 1. The van der Waals surface area contributed by atoms with E-state index in [2.05, 4.69) is 46.5 Å². The van der Waals surface area contributed by atoms with Gasteiger partial charge in [-0.2, -0.15) is 0 Å². The van der Waals surface area contributed by atoms with Gasteiger partial charge in [0.15, 0.2) is 4.95 Å². The third-order valence-electron chi connectivity index (χ3n) is 0.393. The Morgan fingerprint density at radius 1 is 1.88 bits per heavy atom. The maximum absolute atomic E-state index is 4.44.